The van der Waals surface area contributed by atoms with Crippen LogP contribution in [0.5, 0.6) is 0 Å². The Hall–Kier alpha value is -1.82. The first kappa shape index (κ1) is 11.3. The molecule has 2 aromatic rings. The van der Waals surface area contributed by atoms with Crippen LogP contribution in [-0.4, -0.2) is 37.3 Å². The van der Waals surface area contributed by atoms with Gasteiger partial charge in [0.05, 0.1) is 11.7 Å². The number of hydrogen-bond acceptors (Lipinski definition) is 4. The zero-order valence-corrected chi connectivity index (χ0v) is 10.3. The highest BCUT2D eigenvalue weighted by Crippen LogP contribution is 2.33. The summed E-state index contributed by atoms with van der Waals surface area (Å²) in [6, 6.07) is 5.65. The number of carboxylic acids is 1. The lowest BCUT2D eigenvalue weighted by atomic mass is 10.2. The summed E-state index contributed by atoms with van der Waals surface area (Å²) in [6.07, 6.45) is 3.42. The van der Waals surface area contributed by atoms with E-state index >= 15 is 0 Å². The normalized spacial score (nSPS) is 15.3. The predicted molar refractivity (Wildman–Crippen MR) is 68.8 cm³/mol. The summed E-state index contributed by atoms with van der Waals surface area (Å²) < 4.78 is 1.82. The van der Waals surface area contributed by atoms with E-state index in [0.29, 0.717) is 6.04 Å². The second-order valence-corrected chi connectivity index (χ2v) is 5.17. The van der Waals surface area contributed by atoms with Crippen molar-refractivity contribution in [3.8, 4) is 11.3 Å². The Kier molecular flexibility index (Phi) is 2.79. The molecular weight excluding hydrogens is 250 g/mol. The van der Waals surface area contributed by atoms with Gasteiger partial charge in [-0.25, -0.2) is 4.79 Å². The maximum absolute atomic E-state index is 11.0. The molecule has 1 aliphatic heterocycles. The third kappa shape index (κ3) is 1.88. The van der Waals surface area contributed by atoms with Crippen LogP contribution in [0.4, 0.5) is 0 Å². The molecule has 0 atom stereocenters. The Morgan fingerprint density at radius 3 is 2.89 bits per heavy atom. The average Bonchev–Trinajstić information content (AvgIpc) is 2.73. The van der Waals surface area contributed by atoms with E-state index in [2.05, 4.69) is 10.1 Å². The first-order chi connectivity index (χ1) is 8.75. The van der Waals surface area contributed by atoms with Crippen LogP contribution in [0.2, 0.25) is 0 Å². The lowest BCUT2D eigenvalue weighted by Crippen LogP contribution is -2.24. The molecule has 0 aromatic carbocycles. The van der Waals surface area contributed by atoms with Crippen molar-refractivity contribution in [2.24, 2.45) is 0 Å². The molecule has 1 aliphatic rings. The zero-order chi connectivity index (χ0) is 12.5. The number of rotatable bonds is 3. The smallest absolute Gasteiger partial charge is 0.356 e. The van der Waals surface area contributed by atoms with Gasteiger partial charge in [0.25, 0.3) is 0 Å². The van der Waals surface area contributed by atoms with Gasteiger partial charge in [-0.1, -0.05) is 0 Å². The lowest BCUT2D eigenvalue weighted by molar-refractivity contribution is 0.0689. The number of aromatic nitrogens is 3. The van der Waals surface area contributed by atoms with Gasteiger partial charge in [0.2, 0.25) is 0 Å². The van der Waals surface area contributed by atoms with E-state index in [4.69, 9.17) is 5.11 Å². The molecule has 1 N–H and O–H groups in total. The molecule has 1 saturated heterocycles. The van der Waals surface area contributed by atoms with E-state index in [0.717, 1.165) is 22.8 Å². The monoisotopic (exact) mass is 261 g/mol. The minimum Gasteiger partial charge on any atom is -0.476 e. The van der Waals surface area contributed by atoms with Crippen LogP contribution in [0.25, 0.3) is 11.3 Å². The van der Waals surface area contributed by atoms with Crippen LogP contribution < -0.4 is 0 Å². The summed E-state index contributed by atoms with van der Waals surface area (Å²) in [4.78, 5) is 15.1. The molecule has 0 saturated carbocycles. The number of nitrogens with zero attached hydrogens (tertiary/aromatic N) is 3. The van der Waals surface area contributed by atoms with Crippen LogP contribution in [0.3, 0.4) is 0 Å². The Morgan fingerprint density at radius 1 is 1.50 bits per heavy atom. The van der Waals surface area contributed by atoms with Gasteiger partial charge in [-0.05, 0) is 18.2 Å². The summed E-state index contributed by atoms with van der Waals surface area (Å²) in [7, 11) is 0. The maximum atomic E-state index is 11.0. The standard InChI is InChI=1S/C12H11N3O2S/c16-12(17)10-4-11(8-2-1-3-13-5-8)15(14-10)9-6-18-7-9/h1-5,9H,6-7H2,(H,16,17). The van der Waals surface area contributed by atoms with Crippen LogP contribution in [0, 0.1) is 0 Å². The highest BCUT2D eigenvalue weighted by Gasteiger charge is 2.25. The average molecular weight is 261 g/mol. The molecule has 0 bridgehead atoms. The number of thioether (sulfide) groups is 1. The Balaban J connectivity index is 2.08. The van der Waals surface area contributed by atoms with Gasteiger partial charge < -0.3 is 5.11 Å². The fourth-order valence-corrected chi connectivity index (χ4v) is 2.60. The van der Waals surface area contributed by atoms with Crippen LogP contribution >= 0.6 is 11.8 Å². The number of carboxylic acid groups (broad SMARTS) is 1. The molecule has 0 aliphatic carbocycles. The molecule has 6 heteroatoms. The van der Waals surface area contributed by atoms with E-state index in [1.54, 1.807) is 18.5 Å². The molecule has 3 rings (SSSR count). The molecule has 0 radical (unpaired) electrons. The third-order valence-electron chi connectivity index (χ3n) is 2.88. The topological polar surface area (TPSA) is 68.0 Å². The van der Waals surface area contributed by atoms with E-state index in [9.17, 15) is 4.79 Å². The van der Waals surface area contributed by atoms with Crippen LogP contribution in [0.15, 0.2) is 30.6 Å². The summed E-state index contributed by atoms with van der Waals surface area (Å²) in [5, 5.41) is 13.2. The van der Waals surface area contributed by atoms with Crippen molar-refractivity contribution in [1.82, 2.24) is 14.8 Å². The first-order valence-corrected chi connectivity index (χ1v) is 6.72. The van der Waals surface area contributed by atoms with E-state index in [1.807, 2.05) is 28.6 Å². The molecule has 18 heavy (non-hydrogen) atoms. The molecule has 2 aromatic heterocycles. The summed E-state index contributed by atoms with van der Waals surface area (Å²) >= 11 is 1.84. The van der Waals surface area contributed by atoms with E-state index < -0.39 is 5.97 Å². The Morgan fingerprint density at radius 2 is 2.33 bits per heavy atom. The quantitative estimate of drug-likeness (QED) is 0.914. The van der Waals surface area contributed by atoms with Crippen molar-refractivity contribution in [2.45, 2.75) is 6.04 Å². The molecule has 92 valence electrons. The molecule has 5 nitrogen and oxygen atoms in total. The summed E-state index contributed by atoms with van der Waals surface area (Å²) in [6.45, 7) is 0. The van der Waals surface area contributed by atoms with Gasteiger partial charge in [0.15, 0.2) is 5.69 Å². The third-order valence-corrected chi connectivity index (χ3v) is 4.12. The van der Waals surface area contributed by atoms with Gasteiger partial charge in [0.1, 0.15) is 0 Å². The number of hydrogen-bond donors (Lipinski definition) is 1. The minimum atomic E-state index is -0.995. The molecule has 3 heterocycles. The maximum Gasteiger partial charge on any atom is 0.356 e. The number of pyridine rings is 1. The highest BCUT2D eigenvalue weighted by molar-refractivity contribution is 8.00. The summed E-state index contributed by atoms with van der Waals surface area (Å²) in [5.41, 5.74) is 1.81. The second kappa shape index (κ2) is 4.45. The Bertz CT molecular complexity index is 578. The van der Waals surface area contributed by atoms with Gasteiger partial charge in [-0.3, -0.25) is 9.67 Å². The van der Waals surface area contributed by atoms with Crippen LogP contribution in [-0.2, 0) is 0 Å². The second-order valence-electron chi connectivity index (χ2n) is 4.10. The lowest BCUT2D eigenvalue weighted by Gasteiger charge is -2.26. The van der Waals surface area contributed by atoms with Crippen molar-refractivity contribution in [1.29, 1.82) is 0 Å². The largest absolute Gasteiger partial charge is 0.476 e. The van der Waals surface area contributed by atoms with Crippen molar-refractivity contribution >= 4 is 17.7 Å². The highest BCUT2D eigenvalue weighted by atomic mass is 32.2. The summed E-state index contributed by atoms with van der Waals surface area (Å²) in [5.74, 6) is 0.966. The Labute approximate surface area is 108 Å². The molecule has 0 unspecified atom stereocenters. The predicted octanol–water partition coefficient (Wildman–Crippen LogP) is 1.93. The first-order valence-electron chi connectivity index (χ1n) is 5.56. The van der Waals surface area contributed by atoms with E-state index in [-0.39, 0.29) is 5.69 Å². The van der Waals surface area contributed by atoms with Crippen LogP contribution in [0.1, 0.15) is 16.5 Å². The molecule has 0 spiro atoms. The van der Waals surface area contributed by atoms with Crippen molar-refractivity contribution in [3.05, 3.63) is 36.3 Å². The molecule has 1 fully saturated rings. The number of carbonyl (C=O) groups is 1. The molecule has 0 amide bonds. The van der Waals surface area contributed by atoms with E-state index in [1.165, 1.54) is 0 Å². The van der Waals surface area contributed by atoms with Crippen molar-refractivity contribution in [2.75, 3.05) is 11.5 Å². The van der Waals surface area contributed by atoms with Gasteiger partial charge in [-0.2, -0.15) is 16.9 Å². The SMILES string of the molecule is O=C(O)c1cc(-c2cccnc2)n(C2CSC2)n1. The minimum absolute atomic E-state index is 0.0887. The zero-order valence-electron chi connectivity index (χ0n) is 9.48. The molecular formula is C12H11N3O2S. The van der Waals surface area contributed by atoms with Crippen molar-refractivity contribution < 1.29 is 9.90 Å². The number of aromatic carboxylic acids is 1. The fraction of sp³-hybridized carbons (Fsp3) is 0.250. The van der Waals surface area contributed by atoms with Gasteiger partial charge in [-0.15, -0.1) is 0 Å². The fourth-order valence-electron chi connectivity index (χ4n) is 1.87. The van der Waals surface area contributed by atoms with Gasteiger partial charge in [0, 0.05) is 29.5 Å². The van der Waals surface area contributed by atoms with Crippen molar-refractivity contribution in [3.63, 3.8) is 0 Å². The van der Waals surface area contributed by atoms with Gasteiger partial charge >= 0.3 is 5.97 Å².